The first-order valence-corrected chi connectivity index (χ1v) is 16.9. The summed E-state index contributed by atoms with van der Waals surface area (Å²) in [6.07, 6.45) is 1.74. The highest BCUT2D eigenvalue weighted by molar-refractivity contribution is 6.29. The van der Waals surface area contributed by atoms with Crippen molar-refractivity contribution in [3.05, 3.63) is 100.0 Å². The Hall–Kier alpha value is -5.17. The molecule has 0 spiro atoms. The molecule has 0 saturated carbocycles. The third-order valence-electron chi connectivity index (χ3n) is 8.80. The van der Waals surface area contributed by atoms with Gasteiger partial charge in [-0.25, -0.2) is 0 Å². The minimum absolute atomic E-state index is 0.228. The Balaban J connectivity index is 1.24. The zero-order valence-electron chi connectivity index (χ0n) is 28.0. The van der Waals surface area contributed by atoms with Gasteiger partial charge in [0, 0.05) is 67.6 Å². The molecule has 0 unspecified atom stereocenters. The molecule has 4 aromatic rings. The van der Waals surface area contributed by atoms with Crippen molar-refractivity contribution in [3.8, 4) is 11.1 Å². The molecular formula is C37H39ClN6O6. The van der Waals surface area contributed by atoms with E-state index >= 15 is 0 Å². The highest BCUT2D eigenvalue weighted by Gasteiger charge is 2.23. The number of anilines is 5. The summed E-state index contributed by atoms with van der Waals surface area (Å²) in [4.78, 5) is 56.1. The predicted molar refractivity (Wildman–Crippen MR) is 195 cm³/mol. The number of nitrogens with zero attached hydrogens (tertiary/aromatic N) is 3. The first-order valence-electron chi connectivity index (χ1n) is 16.4. The number of halogens is 1. The first-order chi connectivity index (χ1) is 24.2. The highest BCUT2D eigenvalue weighted by Crippen LogP contribution is 2.31. The molecule has 0 atom stereocenters. The van der Waals surface area contributed by atoms with Gasteiger partial charge in [-0.1, -0.05) is 12.1 Å². The van der Waals surface area contributed by atoms with E-state index in [2.05, 4.69) is 20.9 Å². The van der Waals surface area contributed by atoms with Gasteiger partial charge in [0.25, 0.3) is 17.4 Å². The molecule has 2 aliphatic rings. The standard InChI is InChI=1S/C37H39ClN6O6/c1-24-29(4-3-5-31(24)41-35(46)25-6-9-28(10-7-25)43-12-16-49-17-13-43)26-20-33(37(48)42(2)23-26)39-27-8-11-30(32(21-27)40-34(45)22-38)36(47)44-14-18-50-19-15-44/h3-11,20-21,23,39H,12-19,22H2,1-2H3,(H,40,45)(H,41,46). The number of carbonyl (C=O) groups is 3. The maximum absolute atomic E-state index is 13.3. The van der Waals surface area contributed by atoms with Crippen molar-refractivity contribution < 1.29 is 23.9 Å². The van der Waals surface area contributed by atoms with E-state index < -0.39 is 5.91 Å². The average Bonchev–Trinajstić information content (AvgIpc) is 3.15. The molecule has 260 valence electrons. The largest absolute Gasteiger partial charge is 0.378 e. The monoisotopic (exact) mass is 698 g/mol. The fourth-order valence-electron chi connectivity index (χ4n) is 6.06. The molecule has 3 amide bonds. The van der Waals surface area contributed by atoms with E-state index in [-0.39, 0.29) is 34.6 Å². The van der Waals surface area contributed by atoms with Crippen molar-refractivity contribution in [2.24, 2.45) is 7.05 Å². The first kappa shape index (κ1) is 34.7. The number of alkyl halides is 1. The van der Waals surface area contributed by atoms with E-state index in [1.54, 1.807) is 42.4 Å². The van der Waals surface area contributed by atoms with E-state index in [4.69, 9.17) is 21.1 Å². The molecule has 3 N–H and O–H groups in total. The van der Waals surface area contributed by atoms with Gasteiger partial charge < -0.3 is 39.8 Å². The van der Waals surface area contributed by atoms with Gasteiger partial charge in [0.05, 0.1) is 37.7 Å². The molecule has 2 fully saturated rings. The minimum atomic E-state index is -0.467. The fourth-order valence-corrected chi connectivity index (χ4v) is 6.13. The summed E-state index contributed by atoms with van der Waals surface area (Å²) in [5, 5.41) is 8.93. The number of nitrogens with one attached hydrogen (secondary N) is 3. The molecule has 0 radical (unpaired) electrons. The lowest BCUT2D eigenvalue weighted by Gasteiger charge is -2.28. The lowest BCUT2D eigenvalue weighted by atomic mass is 9.99. The van der Waals surface area contributed by atoms with Gasteiger partial charge in [0.2, 0.25) is 5.91 Å². The second-order valence-electron chi connectivity index (χ2n) is 12.1. The summed E-state index contributed by atoms with van der Waals surface area (Å²) >= 11 is 5.77. The Kier molecular flexibility index (Phi) is 10.8. The number of ether oxygens (including phenoxy) is 2. The molecule has 2 aliphatic heterocycles. The SMILES string of the molecule is Cc1c(NC(=O)c2ccc(N3CCOCC3)cc2)cccc1-c1cc(Nc2ccc(C(=O)N3CCOCC3)c(NC(=O)CCl)c2)c(=O)n(C)c1. The van der Waals surface area contributed by atoms with Crippen LogP contribution >= 0.6 is 11.6 Å². The molecule has 12 nitrogen and oxygen atoms in total. The van der Waals surface area contributed by atoms with Crippen LogP contribution in [0.4, 0.5) is 28.4 Å². The Morgan fingerprint density at radius 2 is 1.52 bits per heavy atom. The quantitative estimate of drug-likeness (QED) is 0.212. The van der Waals surface area contributed by atoms with Crippen molar-refractivity contribution in [2.45, 2.75) is 6.92 Å². The molecule has 0 bridgehead atoms. The van der Waals surface area contributed by atoms with Crippen molar-refractivity contribution in [3.63, 3.8) is 0 Å². The number of aromatic nitrogens is 1. The number of pyridine rings is 1. The summed E-state index contributed by atoms with van der Waals surface area (Å²) in [5.41, 5.74) is 5.70. The van der Waals surface area contributed by atoms with E-state index in [0.717, 1.165) is 35.5 Å². The van der Waals surface area contributed by atoms with E-state index in [9.17, 15) is 19.2 Å². The van der Waals surface area contributed by atoms with Gasteiger partial charge in [-0.05, 0) is 72.6 Å². The van der Waals surface area contributed by atoms with Crippen molar-refractivity contribution in [1.29, 1.82) is 0 Å². The molecule has 13 heteroatoms. The number of aryl methyl sites for hydroxylation is 1. The second kappa shape index (κ2) is 15.6. The van der Waals surface area contributed by atoms with Crippen molar-refractivity contribution >= 4 is 57.8 Å². The van der Waals surface area contributed by atoms with E-state index in [1.807, 2.05) is 49.4 Å². The van der Waals surface area contributed by atoms with E-state index in [1.165, 1.54) is 4.57 Å². The third kappa shape index (κ3) is 7.83. The van der Waals surface area contributed by atoms with Crippen LogP contribution in [0.5, 0.6) is 0 Å². The summed E-state index contributed by atoms with van der Waals surface area (Å²) in [5.74, 6) is -1.22. The zero-order valence-corrected chi connectivity index (χ0v) is 28.7. The number of hydrogen-bond acceptors (Lipinski definition) is 8. The Labute approximate surface area is 294 Å². The summed E-state index contributed by atoms with van der Waals surface area (Å²) in [6, 6.07) is 19.8. The van der Waals surface area contributed by atoms with Crippen LogP contribution in [-0.2, 0) is 21.3 Å². The molecule has 2 saturated heterocycles. The summed E-state index contributed by atoms with van der Waals surface area (Å²) < 4.78 is 12.3. The Morgan fingerprint density at radius 1 is 0.820 bits per heavy atom. The maximum atomic E-state index is 13.3. The molecule has 3 aromatic carbocycles. The van der Waals surface area contributed by atoms with Gasteiger partial charge in [0.15, 0.2) is 0 Å². The van der Waals surface area contributed by atoms with Crippen LogP contribution in [0.25, 0.3) is 11.1 Å². The van der Waals surface area contributed by atoms with Gasteiger partial charge in [-0.3, -0.25) is 19.2 Å². The number of rotatable bonds is 9. The molecule has 3 heterocycles. The lowest BCUT2D eigenvalue weighted by molar-refractivity contribution is -0.113. The lowest BCUT2D eigenvalue weighted by Crippen LogP contribution is -2.41. The van der Waals surface area contributed by atoms with Crippen molar-refractivity contribution in [2.75, 3.05) is 79.3 Å². The second-order valence-corrected chi connectivity index (χ2v) is 12.4. The number of carbonyl (C=O) groups excluding carboxylic acids is 3. The van der Waals surface area contributed by atoms with Gasteiger partial charge >= 0.3 is 0 Å². The van der Waals surface area contributed by atoms with E-state index in [0.29, 0.717) is 62.0 Å². The van der Waals surface area contributed by atoms with Gasteiger partial charge in [-0.2, -0.15) is 0 Å². The molecule has 6 rings (SSSR count). The number of amides is 3. The minimum Gasteiger partial charge on any atom is -0.378 e. The number of hydrogen-bond donors (Lipinski definition) is 3. The molecular weight excluding hydrogens is 660 g/mol. The topological polar surface area (TPSA) is 134 Å². The van der Waals surface area contributed by atoms with Crippen LogP contribution in [0.15, 0.2) is 77.7 Å². The van der Waals surface area contributed by atoms with Crippen LogP contribution in [0.2, 0.25) is 0 Å². The number of benzene rings is 3. The summed E-state index contributed by atoms with van der Waals surface area (Å²) in [6.45, 7) is 6.68. The fraction of sp³-hybridized carbons (Fsp3) is 0.297. The van der Waals surface area contributed by atoms with Crippen molar-refractivity contribution in [1.82, 2.24) is 9.47 Å². The summed E-state index contributed by atoms with van der Waals surface area (Å²) in [7, 11) is 1.66. The average molecular weight is 699 g/mol. The third-order valence-corrected chi connectivity index (χ3v) is 9.05. The maximum Gasteiger partial charge on any atom is 0.274 e. The Bertz CT molecular complexity index is 1950. The van der Waals surface area contributed by atoms with Crippen LogP contribution in [0.3, 0.4) is 0 Å². The highest BCUT2D eigenvalue weighted by atomic mass is 35.5. The van der Waals surface area contributed by atoms with Crippen LogP contribution in [0.1, 0.15) is 26.3 Å². The van der Waals surface area contributed by atoms with Crippen LogP contribution in [-0.4, -0.2) is 85.7 Å². The smallest absolute Gasteiger partial charge is 0.274 e. The van der Waals surface area contributed by atoms with Gasteiger partial charge in [-0.15, -0.1) is 11.6 Å². The van der Waals surface area contributed by atoms with Gasteiger partial charge in [0.1, 0.15) is 11.6 Å². The Morgan fingerprint density at radius 3 is 2.22 bits per heavy atom. The molecule has 50 heavy (non-hydrogen) atoms. The molecule has 1 aromatic heterocycles. The molecule has 0 aliphatic carbocycles. The normalized spacial score (nSPS) is 14.6. The van der Waals surface area contributed by atoms with Crippen LogP contribution in [0, 0.1) is 6.92 Å². The number of morpholine rings is 2. The van der Waals surface area contributed by atoms with Crippen LogP contribution < -0.4 is 26.4 Å². The predicted octanol–water partition coefficient (Wildman–Crippen LogP) is 4.84. The zero-order chi connectivity index (χ0) is 35.2.